The molecule has 222 valence electrons. The van der Waals surface area contributed by atoms with Gasteiger partial charge in [0, 0.05) is 44.7 Å². The van der Waals surface area contributed by atoms with E-state index in [0.717, 1.165) is 60.9 Å². The van der Waals surface area contributed by atoms with Crippen molar-refractivity contribution in [1.82, 2.24) is 4.90 Å². The molecule has 8 nitrogen and oxygen atoms in total. The van der Waals surface area contributed by atoms with Gasteiger partial charge in [-0.1, -0.05) is 49.6 Å². The number of piperazine rings is 1. The van der Waals surface area contributed by atoms with Crippen molar-refractivity contribution in [2.75, 3.05) is 44.3 Å². The highest BCUT2D eigenvalue weighted by atomic mass is 16.5. The molecule has 0 unspecified atom stereocenters. The first kappa shape index (κ1) is 31.8. The predicted octanol–water partition coefficient (Wildman–Crippen LogP) is 5.51. The minimum atomic E-state index is -0.776. The Morgan fingerprint density at radius 2 is 1.19 bits per heavy atom. The van der Waals surface area contributed by atoms with Crippen LogP contribution in [0.3, 0.4) is 0 Å². The third kappa shape index (κ3) is 11.0. The molecule has 1 fully saturated rings. The van der Waals surface area contributed by atoms with Gasteiger partial charge in [-0.25, -0.2) is 0 Å². The van der Waals surface area contributed by atoms with Gasteiger partial charge in [0.1, 0.15) is 30.5 Å². The first-order chi connectivity index (χ1) is 20.4. The zero-order chi connectivity index (χ0) is 30.2. The number of carbonyl (C=O) groups is 2. The van der Waals surface area contributed by atoms with Crippen LogP contribution in [0, 0.1) is 0 Å². The van der Waals surface area contributed by atoms with Crippen LogP contribution < -0.4 is 14.4 Å². The highest BCUT2D eigenvalue weighted by Crippen LogP contribution is 2.20. The second-order valence-corrected chi connectivity index (χ2v) is 9.77. The van der Waals surface area contributed by atoms with Crippen LogP contribution in [0.15, 0.2) is 98.1 Å². The van der Waals surface area contributed by atoms with E-state index in [1.54, 1.807) is 24.3 Å². The molecule has 0 saturated carbocycles. The first-order valence-corrected chi connectivity index (χ1v) is 14.1. The smallest absolute Gasteiger partial charge is 0.303 e. The summed E-state index contributed by atoms with van der Waals surface area (Å²) in [7, 11) is 0. The number of benzene rings is 3. The van der Waals surface area contributed by atoms with Gasteiger partial charge < -0.3 is 29.5 Å². The molecule has 1 heterocycles. The van der Waals surface area contributed by atoms with Crippen LogP contribution in [-0.2, 0) is 22.4 Å². The summed E-state index contributed by atoms with van der Waals surface area (Å²) in [6.45, 7) is 11.2. The number of carbonyl (C=O) groups excluding carboxylic acids is 1. The zero-order valence-electron chi connectivity index (χ0n) is 24.0. The summed E-state index contributed by atoms with van der Waals surface area (Å²) in [4.78, 5) is 27.0. The normalized spacial score (nSPS) is 12.5. The number of phenols is 1. The quantitative estimate of drug-likeness (QED) is 0.261. The topological polar surface area (TPSA) is 99.5 Å². The lowest BCUT2D eigenvalue weighted by molar-refractivity contribution is -0.137. The van der Waals surface area contributed by atoms with Crippen molar-refractivity contribution in [3.05, 3.63) is 109 Å². The summed E-state index contributed by atoms with van der Waals surface area (Å²) in [6.07, 6.45) is 5.36. The van der Waals surface area contributed by atoms with E-state index in [2.05, 4.69) is 18.1 Å². The Balaban J connectivity index is 0.000000274. The van der Waals surface area contributed by atoms with E-state index < -0.39 is 5.97 Å². The second-order valence-electron chi connectivity index (χ2n) is 9.77. The van der Waals surface area contributed by atoms with Crippen LogP contribution in [0.25, 0.3) is 0 Å². The Kier molecular flexibility index (Phi) is 13.0. The summed E-state index contributed by atoms with van der Waals surface area (Å²) in [5.74, 6) is 1.28. The van der Waals surface area contributed by atoms with Crippen molar-refractivity contribution in [3.8, 4) is 17.2 Å². The van der Waals surface area contributed by atoms with Crippen LogP contribution in [0.1, 0.15) is 24.0 Å². The number of carboxylic acids is 1. The van der Waals surface area contributed by atoms with Gasteiger partial charge in [0.25, 0.3) is 0 Å². The number of rotatable bonds is 13. The second kappa shape index (κ2) is 17.2. The van der Waals surface area contributed by atoms with Gasteiger partial charge in [0.15, 0.2) is 0 Å². The van der Waals surface area contributed by atoms with E-state index in [-0.39, 0.29) is 18.1 Å². The Bertz CT molecular complexity index is 1260. The fourth-order valence-corrected chi connectivity index (χ4v) is 4.35. The molecule has 1 amide bonds. The molecule has 1 aliphatic rings. The lowest BCUT2D eigenvalue weighted by Crippen LogP contribution is -2.48. The summed E-state index contributed by atoms with van der Waals surface area (Å²) < 4.78 is 10.8. The fraction of sp³-hybridized carbons (Fsp3) is 0.294. The van der Waals surface area contributed by atoms with Gasteiger partial charge in [-0.3, -0.25) is 9.59 Å². The molecule has 0 spiro atoms. The molecule has 0 atom stereocenters. The van der Waals surface area contributed by atoms with Crippen LogP contribution in [0.4, 0.5) is 5.69 Å². The molecule has 1 aliphatic heterocycles. The van der Waals surface area contributed by atoms with E-state index in [9.17, 15) is 14.7 Å². The number of aromatic hydroxyl groups is 1. The average Bonchev–Trinajstić information content (AvgIpc) is 3.02. The summed E-state index contributed by atoms with van der Waals surface area (Å²) in [5.41, 5.74) is 3.22. The van der Waals surface area contributed by atoms with E-state index in [0.29, 0.717) is 26.1 Å². The highest BCUT2D eigenvalue weighted by Gasteiger charge is 2.21. The van der Waals surface area contributed by atoms with Gasteiger partial charge in [-0.05, 0) is 72.5 Å². The number of nitrogens with zero attached hydrogens (tertiary/aromatic N) is 2. The van der Waals surface area contributed by atoms with Crippen molar-refractivity contribution >= 4 is 17.6 Å². The standard InChI is InChI=1S/C22H26N2O3.C12H14O3/c1-2-17-27-21-10-3-18(4-11-21)5-12-22(26)24-15-13-23(14-16-24)19-6-8-20(25)9-7-19;1-2-9-15-11-6-3-10(4-7-11)5-8-12(13)14/h2-4,6-11,25H,1,5,12-17H2;2-4,6-7H,1,5,8-9H2,(H,13,14). The number of hydrogen-bond acceptors (Lipinski definition) is 6. The van der Waals surface area contributed by atoms with Gasteiger partial charge in [0.05, 0.1) is 0 Å². The number of phenolic OH excluding ortho intramolecular Hbond substituents is 1. The lowest BCUT2D eigenvalue weighted by Gasteiger charge is -2.36. The number of hydrogen-bond donors (Lipinski definition) is 2. The maximum absolute atomic E-state index is 12.5. The number of ether oxygens (including phenoxy) is 2. The molecule has 3 aromatic carbocycles. The molecule has 8 heteroatoms. The maximum Gasteiger partial charge on any atom is 0.303 e. The van der Waals surface area contributed by atoms with Crippen molar-refractivity contribution in [3.63, 3.8) is 0 Å². The van der Waals surface area contributed by atoms with Crippen LogP contribution in [0.5, 0.6) is 17.2 Å². The summed E-state index contributed by atoms with van der Waals surface area (Å²) in [5, 5.41) is 17.9. The predicted molar refractivity (Wildman–Crippen MR) is 165 cm³/mol. The maximum atomic E-state index is 12.5. The molecular weight excluding hydrogens is 532 g/mol. The number of anilines is 1. The number of carboxylic acid groups (broad SMARTS) is 1. The average molecular weight is 573 g/mol. The molecule has 2 N–H and O–H groups in total. The monoisotopic (exact) mass is 572 g/mol. The van der Waals surface area contributed by atoms with Crippen LogP contribution in [-0.4, -0.2) is 66.4 Å². The van der Waals surface area contributed by atoms with Gasteiger partial charge >= 0.3 is 5.97 Å². The Hall–Kier alpha value is -4.72. The van der Waals surface area contributed by atoms with Crippen molar-refractivity contribution in [2.45, 2.75) is 25.7 Å². The van der Waals surface area contributed by atoms with E-state index in [4.69, 9.17) is 14.6 Å². The number of aliphatic carboxylic acids is 1. The first-order valence-electron chi connectivity index (χ1n) is 14.1. The van der Waals surface area contributed by atoms with Gasteiger partial charge in [-0.15, -0.1) is 0 Å². The molecule has 0 radical (unpaired) electrons. The molecule has 3 aromatic rings. The largest absolute Gasteiger partial charge is 0.508 e. The Morgan fingerprint density at radius 1 is 0.714 bits per heavy atom. The summed E-state index contributed by atoms with van der Waals surface area (Å²) >= 11 is 0. The molecule has 0 aliphatic carbocycles. The van der Waals surface area contributed by atoms with Crippen LogP contribution in [0.2, 0.25) is 0 Å². The van der Waals surface area contributed by atoms with Crippen molar-refractivity contribution in [1.29, 1.82) is 0 Å². The van der Waals surface area contributed by atoms with E-state index in [1.807, 2.05) is 65.6 Å². The van der Waals surface area contributed by atoms with Crippen LogP contribution >= 0.6 is 0 Å². The lowest BCUT2D eigenvalue weighted by atomic mass is 10.1. The Morgan fingerprint density at radius 3 is 1.64 bits per heavy atom. The minimum absolute atomic E-state index is 0.160. The highest BCUT2D eigenvalue weighted by molar-refractivity contribution is 5.76. The molecule has 0 aromatic heterocycles. The van der Waals surface area contributed by atoms with Crippen molar-refractivity contribution < 1.29 is 29.3 Å². The van der Waals surface area contributed by atoms with E-state index >= 15 is 0 Å². The van der Waals surface area contributed by atoms with E-state index in [1.165, 1.54) is 0 Å². The number of amides is 1. The molecule has 4 rings (SSSR count). The third-order valence-electron chi connectivity index (χ3n) is 6.68. The SMILES string of the molecule is C=CCOc1ccc(CCC(=O)N2CCN(c3ccc(O)cc3)CC2)cc1.C=CCOc1ccc(CCC(=O)O)cc1. The molecule has 42 heavy (non-hydrogen) atoms. The Labute approximate surface area is 248 Å². The minimum Gasteiger partial charge on any atom is -0.508 e. The number of aryl methyl sites for hydroxylation is 2. The third-order valence-corrected chi connectivity index (χ3v) is 6.68. The molecule has 0 bridgehead atoms. The zero-order valence-corrected chi connectivity index (χ0v) is 24.0. The van der Waals surface area contributed by atoms with Gasteiger partial charge in [0.2, 0.25) is 5.91 Å². The molecule has 1 saturated heterocycles. The fourth-order valence-electron chi connectivity index (χ4n) is 4.35. The van der Waals surface area contributed by atoms with Crippen molar-refractivity contribution in [2.24, 2.45) is 0 Å². The molecular formula is C34H40N2O6. The summed E-state index contributed by atoms with van der Waals surface area (Å²) in [6, 6.07) is 22.5. The van der Waals surface area contributed by atoms with Gasteiger partial charge in [-0.2, -0.15) is 0 Å².